The number of nitrogens with zero attached hydrogens (tertiary/aromatic N) is 3. The summed E-state index contributed by atoms with van der Waals surface area (Å²) < 4.78 is 8.49. The van der Waals surface area contributed by atoms with E-state index in [0.29, 0.717) is 36.3 Å². The van der Waals surface area contributed by atoms with Crippen LogP contribution in [0.2, 0.25) is 0 Å². The summed E-state index contributed by atoms with van der Waals surface area (Å²) in [4.78, 5) is 29.3. The second kappa shape index (κ2) is 7.46. The Balaban J connectivity index is 1.38. The van der Waals surface area contributed by atoms with Crippen molar-refractivity contribution in [1.82, 2.24) is 24.5 Å². The Morgan fingerprint density at radius 1 is 1.26 bits per heavy atom. The number of fused-ring (bicyclic) bond motifs is 4. The molecule has 0 fully saturated rings. The van der Waals surface area contributed by atoms with Crippen LogP contribution in [0, 0.1) is 6.92 Å². The van der Waals surface area contributed by atoms with Gasteiger partial charge in [-0.3, -0.25) is 14.0 Å². The average Bonchev–Trinajstić information content (AvgIpc) is 3.47. The lowest BCUT2D eigenvalue weighted by Gasteiger charge is -2.18. The molecule has 8 heteroatoms. The van der Waals surface area contributed by atoms with E-state index in [4.69, 9.17) is 4.42 Å². The highest BCUT2D eigenvalue weighted by atomic mass is 16.3. The van der Waals surface area contributed by atoms with E-state index in [0.717, 1.165) is 22.0 Å². The van der Waals surface area contributed by atoms with Gasteiger partial charge in [0.1, 0.15) is 17.4 Å². The zero-order chi connectivity index (χ0) is 21.5. The van der Waals surface area contributed by atoms with Crippen LogP contribution in [0.4, 0.5) is 0 Å². The molecule has 2 N–H and O–H groups in total. The number of aryl methyl sites for hydroxylation is 1. The zero-order valence-corrected chi connectivity index (χ0v) is 17.4. The van der Waals surface area contributed by atoms with Crippen LogP contribution in [0.3, 0.4) is 0 Å². The molecule has 4 aromatic heterocycles. The molecule has 1 aromatic carbocycles. The summed E-state index contributed by atoms with van der Waals surface area (Å²) in [6.45, 7) is 4.17. The van der Waals surface area contributed by atoms with Gasteiger partial charge in [0.2, 0.25) is 5.91 Å². The smallest absolute Gasteiger partial charge is 0.291 e. The number of para-hydroxylation sites is 1. The second-order valence-corrected chi connectivity index (χ2v) is 7.66. The van der Waals surface area contributed by atoms with Gasteiger partial charge in [0.05, 0.1) is 11.8 Å². The van der Waals surface area contributed by atoms with Crippen molar-refractivity contribution in [3.05, 3.63) is 70.6 Å². The number of furan rings is 1. The number of amides is 1. The molecule has 5 aromatic rings. The van der Waals surface area contributed by atoms with E-state index in [1.54, 1.807) is 22.8 Å². The quantitative estimate of drug-likeness (QED) is 0.443. The van der Waals surface area contributed by atoms with Crippen LogP contribution in [0.1, 0.15) is 30.8 Å². The standard InChI is InChI=1S/C23H23N5O3/c1-3-18(22(29)24-10-8-15-13-25-17-7-5-4-6-16(15)17)28-23(30)20-12-21-19(9-11-31-21)27(20)14(2)26-28/h4-7,9,11-13,18,25H,3,8,10H2,1-2H3,(H,24,29)/t18-/m1/s1. The predicted molar refractivity (Wildman–Crippen MR) is 118 cm³/mol. The molecule has 0 aliphatic heterocycles. The molecule has 5 rings (SSSR count). The van der Waals surface area contributed by atoms with E-state index in [2.05, 4.69) is 21.5 Å². The Kier molecular flexibility index (Phi) is 4.62. The van der Waals surface area contributed by atoms with Crippen molar-refractivity contribution in [2.75, 3.05) is 6.54 Å². The minimum atomic E-state index is -0.680. The van der Waals surface area contributed by atoms with Crippen LogP contribution in [0.5, 0.6) is 0 Å². The largest absolute Gasteiger partial charge is 0.463 e. The summed E-state index contributed by atoms with van der Waals surface area (Å²) in [5, 5.41) is 8.58. The molecule has 0 saturated carbocycles. The first kappa shape index (κ1) is 19.2. The number of hydrogen-bond donors (Lipinski definition) is 2. The maximum absolute atomic E-state index is 13.1. The minimum absolute atomic E-state index is 0.212. The van der Waals surface area contributed by atoms with Crippen molar-refractivity contribution in [3.8, 4) is 0 Å². The molecule has 0 saturated heterocycles. The normalized spacial score (nSPS) is 12.7. The first-order valence-electron chi connectivity index (χ1n) is 10.4. The number of carbonyl (C=O) groups excluding carboxylic acids is 1. The van der Waals surface area contributed by atoms with Gasteiger partial charge in [0.25, 0.3) is 5.56 Å². The van der Waals surface area contributed by atoms with Gasteiger partial charge in [-0.25, -0.2) is 4.68 Å². The van der Waals surface area contributed by atoms with Crippen molar-refractivity contribution < 1.29 is 9.21 Å². The number of nitrogens with one attached hydrogen (secondary N) is 2. The van der Waals surface area contributed by atoms with Gasteiger partial charge < -0.3 is 14.7 Å². The molecule has 158 valence electrons. The third-order valence-electron chi connectivity index (χ3n) is 5.78. The number of hydrogen-bond acceptors (Lipinski definition) is 4. The van der Waals surface area contributed by atoms with Crippen molar-refractivity contribution in [2.45, 2.75) is 32.7 Å². The number of benzene rings is 1. The van der Waals surface area contributed by atoms with Gasteiger partial charge in [-0.2, -0.15) is 5.10 Å². The molecule has 31 heavy (non-hydrogen) atoms. The van der Waals surface area contributed by atoms with Crippen LogP contribution in [-0.4, -0.2) is 31.6 Å². The van der Waals surface area contributed by atoms with Crippen LogP contribution < -0.4 is 10.9 Å². The predicted octanol–water partition coefficient (Wildman–Crippen LogP) is 3.34. The summed E-state index contributed by atoms with van der Waals surface area (Å²) >= 11 is 0. The molecule has 1 atom stereocenters. The van der Waals surface area contributed by atoms with E-state index < -0.39 is 6.04 Å². The minimum Gasteiger partial charge on any atom is -0.463 e. The molecule has 0 aliphatic carbocycles. The number of carbonyl (C=O) groups is 1. The van der Waals surface area contributed by atoms with Gasteiger partial charge >= 0.3 is 0 Å². The Morgan fingerprint density at radius 2 is 2.10 bits per heavy atom. The maximum Gasteiger partial charge on any atom is 0.291 e. The fraction of sp³-hybridized carbons (Fsp3) is 0.261. The Labute approximate surface area is 177 Å². The van der Waals surface area contributed by atoms with E-state index >= 15 is 0 Å². The highest BCUT2D eigenvalue weighted by molar-refractivity contribution is 5.84. The second-order valence-electron chi connectivity index (χ2n) is 7.66. The molecule has 0 aliphatic rings. The van der Waals surface area contributed by atoms with Crippen LogP contribution >= 0.6 is 0 Å². The molecular weight excluding hydrogens is 394 g/mol. The lowest BCUT2D eigenvalue weighted by atomic mass is 10.1. The van der Waals surface area contributed by atoms with Crippen molar-refractivity contribution in [2.24, 2.45) is 0 Å². The third kappa shape index (κ3) is 3.11. The summed E-state index contributed by atoms with van der Waals surface area (Å²) in [6, 6.07) is 10.9. The highest BCUT2D eigenvalue weighted by Crippen LogP contribution is 2.21. The SMILES string of the molecule is CC[C@H](C(=O)NCCc1c[nH]c2ccccc12)n1nc(C)n2c(cc3occc32)c1=O. The highest BCUT2D eigenvalue weighted by Gasteiger charge is 2.23. The van der Waals surface area contributed by atoms with Crippen LogP contribution in [0.15, 0.2) is 58.1 Å². The Morgan fingerprint density at radius 3 is 2.94 bits per heavy atom. The Bertz CT molecular complexity index is 1470. The van der Waals surface area contributed by atoms with Gasteiger partial charge in [-0.1, -0.05) is 25.1 Å². The summed E-state index contributed by atoms with van der Waals surface area (Å²) in [5.41, 5.74) is 3.78. The topological polar surface area (TPSA) is 97.3 Å². The van der Waals surface area contributed by atoms with Crippen molar-refractivity contribution in [1.29, 1.82) is 0 Å². The van der Waals surface area contributed by atoms with Crippen LogP contribution in [-0.2, 0) is 11.2 Å². The average molecular weight is 417 g/mol. The fourth-order valence-electron chi connectivity index (χ4n) is 4.25. The molecular formula is C23H23N5O3. The number of rotatable bonds is 6. The molecule has 0 unspecified atom stereocenters. The number of H-pyrrole nitrogens is 1. The van der Waals surface area contributed by atoms with E-state index in [-0.39, 0.29) is 11.5 Å². The van der Waals surface area contributed by atoms with E-state index in [1.807, 2.05) is 38.2 Å². The molecule has 0 bridgehead atoms. The molecule has 4 heterocycles. The van der Waals surface area contributed by atoms with E-state index in [1.165, 1.54) is 4.68 Å². The van der Waals surface area contributed by atoms with Gasteiger partial charge in [0, 0.05) is 35.8 Å². The molecule has 1 amide bonds. The van der Waals surface area contributed by atoms with Gasteiger partial charge in [-0.15, -0.1) is 0 Å². The lowest BCUT2D eigenvalue weighted by molar-refractivity contribution is -0.124. The first-order valence-corrected chi connectivity index (χ1v) is 10.4. The molecule has 8 nitrogen and oxygen atoms in total. The van der Waals surface area contributed by atoms with Crippen molar-refractivity contribution in [3.63, 3.8) is 0 Å². The number of aromatic amines is 1. The van der Waals surface area contributed by atoms with E-state index in [9.17, 15) is 9.59 Å². The maximum atomic E-state index is 13.1. The zero-order valence-electron chi connectivity index (χ0n) is 17.4. The first-order chi connectivity index (χ1) is 15.1. The lowest BCUT2D eigenvalue weighted by Crippen LogP contribution is -2.40. The summed E-state index contributed by atoms with van der Waals surface area (Å²) in [5.74, 6) is 0.409. The van der Waals surface area contributed by atoms with Crippen molar-refractivity contribution >= 4 is 33.4 Å². The monoisotopic (exact) mass is 417 g/mol. The molecule has 0 radical (unpaired) electrons. The summed E-state index contributed by atoms with van der Waals surface area (Å²) in [6.07, 6.45) is 4.71. The molecule has 0 spiro atoms. The Hall–Kier alpha value is -3.81. The number of aromatic nitrogens is 4. The van der Waals surface area contributed by atoms with Gasteiger partial charge in [-0.05, 0) is 31.4 Å². The van der Waals surface area contributed by atoms with Crippen LogP contribution in [0.25, 0.3) is 27.5 Å². The third-order valence-corrected chi connectivity index (χ3v) is 5.78. The summed E-state index contributed by atoms with van der Waals surface area (Å²) in [7, 11) is 0. The fourth-order valence-corrected chi connectivity index (χ4v) is 4.25. The van der Waals surface area contributed by atoms with Gasteiger partial charge in [0.15, 0.2) is 5.58 Å².